The van der Waals surface area contributed by atoms with Gasteiger partial charge < -0.3 is 19.9 Å². The highest BCUT2D eigenvalue weighted by Gasteiger charge is 2.27. The molecule has 1 aromatic heterocycles. The Bertz CT molecular complexity index is 1260. The molecule has 2 amide bonds. The first-order valence-corrected chi connectivity index (χ1v) is 13.3. The summed E-state index contributed by atoms with van der Waals surface area (Å²) < 4.78 is 6.89. The highest BCUT2D eigenvalue weighted by molar-refractivity contribution is 7.99. The first-order chi connectivity index (χ1) is 17.7. The van der Waals surface area contributed by atoms with E-state index in [9.17, 15) is 14.4 Å². The number of nitrogens with zero attached hydrogens (tertiary/aromatic N) is 3. The van der Waals surface area contributed by atoms with E-state index in [0.717, 1.165) is 0 Å². The van der Waals surface area contributed by atoms with Gasteiger partial charge in [-0.1, -0.05) is 55.4 Å². The number of carbonyl (C=O) groups excluding carboxylic acids is 3. The summed E-state index contributed by atoms with van der Waals surface area (Å²) >= 11 is 7.44. The molecule has 0 saturated heterocycles. The van der Waals surface area contributed by atoms with E-state index in [1.165, 1.54) is 11.8 Å². The molecular formula is C26H30ClN5O4S. The van der Waals surface area contributed by atoms with Gasteiger partial charge in [0.2, 0.25) is 5.91 Å². The number of carbonyl (C=O) groups is 3. The van der Waals surface area contributed by atoms with Crippen LogP contribution in [0, 0.1) is 5.92 Å². The van der Waals surface area contributed by atoms with E-state index in [1.807, 2.05) is 25.3 Å². The summed E-state index contributed by atoms with van der Waals surface area (Å²) in [5.74, 6) is -0.297. The molecule has 0 aliphatic rings. The van der Waals surface area contributed by atoms with Crippen molar-refractivity contribution in [2.75, 3.05) is 17.7 Å². The highest BCUT2D eigenvalue weighted by atomic mass is 35.5. The molecule has 0 spiro atoms. The van der Waals surface area contributed by atoms with E-state index in [-0.39, 0.29) is 30.1 Å². The Morgan fingerprint density at radius 2 is 1.84 bits per heavy atom. The fraction of sp³-hybridized carbons (Fsp3) is 0.346. The lowest BCUT2D eigenvalue weighted by molar-refractivity contribution is -0.113. The first-order valence-electron chi connectivity index (χ1n) is 11.9. The molecule has 11 heteroatoms. The van der Waals surface area contributed by atoms with Crippen LogP contribution in [0.5, 0.6) is 0 Å². The lowest BCUT2D eigenvalue weighted by atomic mass is 10.0. The van der Waals surface area contributed by atoms with Crippen LogP contribution in [0.15, 0.2) is 53.7 Å². The standard InChI is InChI=1S/C26H30ClN5O4S/c1-5-32-23(22(16(3)4)29-24(34)19-12-7-8-13-20(19)27)30-31-26(32)37-15-21(33)28-18-11-9-10-17(14-18)25(35)36-6-2/h7-14,16,22H,5-6,15H2,1-4H3,(H,28,33)(H,29,34)/t22-/m1/s1. The smallest absolute Gasteiger partial charge is 0.338 e. The van der Waals surface area contributed by atoms with Crippen molar-refractivity contribution >= 4 is 46.8 Å². The summed E-state index contributed by atoms with van der Waals surface area (Å²) in [5, 5.41) is 15.4. The van der Waals surface area contributed by atoms with Crippen molar-refractivity contribution < 1.29 is 19.1 Å². The average molecular weight is 544 g/mol. The minimum absolute atomic E-state index is 0.0220. The normalized spacial score (nSPS) is 11.7. The van der Waals surface area contributed by atoms with Crippen LogP contribution in [0.25, 0.3) is 0 Å². The molecule has 1 heterocycles. The lowest BCUT2D eigenvalue weighted by Crippen LogP contribution is -2.34. The van der Waals surface area contributed by atoms with Gasteiger partial charge in [-0.2, -0.15) is 0 Å². The number of ether oxygens (including phenoxy) is 1. The number of amides is 2. The van der Waals surface area contributed by atoms with Crippen LogP contribution >= 0.6 is 23.4 Å². The molecule has 3 rings (SSSR count). The molecule has 3 aromatic rings. The summed E-state index contributed by atoms with van der Waals surface area (Å²) in [7, 11) is 0. The van der Waals surface area contributed by atoms with E-state index in [4.69, 9.17) is 16.3 Å². The number of anilines is 1. The van der Waals surface area contributed by atoms with Gasteiger partial charge >= 0.3 is 5.97 Å². The van der Waals surface area contributed by atoms with Crippen molar-refractivity contribution in [2.24, 2.45) is 5.92 Å². The minimum atomic E-state index is -0.446. The Morgan fingerprint density at radius 3 is 2.51 bits per heavy atom. The van der Waals surface area contributed by atoms with Crippen molar-refractivity contribution in [2.45, 2.75) is 45.4 Å². The Balaban J connectivity index is 1.69. The van der Waals surface area contributed by atoms with Crippen molar-refractivity contribution in [1.29, 1.82) is 0 Å². The van der Waals surface area contributed by atoms with Crippen LogP contribution in [0.4, 0.5) is 5.69 Å². The zero-order valence-electron chi connectivity index (χ0n) is 21.2. The number of aromatic nitrogens is 3. The maximum absolute atomic E-state index is 12.9. The predicted octanol–water partition coefficient (Wildman–Crippen LogP) is 4.99. The zero-order valence-corrected chi connectivity index (χ0v) is 22.7. The largest absolute Gasteiger partial charge is 0.462 e. The fourth-order valence-corrected chi connectivity index (χ4v) is 4.62. The third-order valence-electron chi connectivity index (χ3n) is 5.40. The van der Waals surface area contributed by atoms with Crippen LogP contribution in [-0.4, -0.2) is 44.9 Å². The van der Waals surface area contributed by atoms with E-state index < -0.39 is 12.0 Å². The van der Waals surface area contributed by atoms with Gasteiger partial charge in [-0.25, -0.2) is 4.79 Å². The second kappa shape index (κ2) is 13.3. The van der Waals surface area contributed by atoms with E-state index >= 15 is 0 Å². The summed E-state index contributed by atoms with van der Waals surface area (Å²) in [6.45, 7) is 8.48. The van der Waals surface area contributed by atoms with E-state index in [2.05, 4.69) is 20.8 Å². The zero-order chi connectivity index (χ0) is 26.9. The van der Waals surface area contributed by atoms with Crippen molar-refractivity contribution in [3.8, 4) is 0 Å². The fourth-order valence-electron chi connectivity index (χ4n) is 3.59. The molecule has 0 aliphatic carbocycles. The summed E-state index contributed by atoms with van der Waals surface area (Å²) in [6.07, 6.45) is 0. The summed E-state index contributed by atoms with van der Waals surface area (Å²) in [4.78, 5) is 37.5. The number of nitrogens with one attached hydrogen (secondary N) is 2. The van der Waals surface area contributed by atoms with Gasteiger partial charge in [0.1, 0.15) is 0 Å². The molecule has 2 aromatic carbocycles. The monoisotopic (exact) mass is 543 g/mol. The number of rotatable bonds is 11. The number of hydrogen-bond donors (Lipinski definition) is 2. The number of hydrogen-bond acceptors (Lipinski definition) is 7. The van der Waals surface area contributed by atoms with E-state index in [0.29, 0.717) is 39.4 Å². The van der Waals surface area contributed by atoms with Gasteiger partial charge in [0.05, 0.1) is 34.6 Å². The third-order valence-corrected chi connectivity index (χ3v) is 6.70. The average Bonchev–Trinajstić information content (AvgIpc) is 3.28. The van der Waals surface area contributed by atoms with Crippen LogP contribution in [0.2, 0.25) is 5.02 Å². The molecule has 0 bridgehead atoms. The van der Waals surface area contributed by atoms with Gasteiger partial charge in [0, 0.05) is 12.2 Å². The minimum Gasteiger partial charge on any atom is -0.462 e. The molecule has 0 aliphatic heterocycles. The molecule has 0 saturated carbocycles. The van der Waals surface area contributed by atoms with Crippen LogP contribution in [-0.2, 0) is 16.1 Å². The van der Waals surface area contributed by atoms with Crippen molar-refractivity contribution in [3.05, 3.63) is 70.5 Å². The van der Waals surface area contributed by atoms with Crippen LogP contribution < -0.4 is 10.6 Å². The Hall–Kier alpha value is -3.37. The molecule has 9 nitrogen and oxygen atoms in total. The predicted molar refractivity (Wildman–Crippen MR) is 144 cm³/mol. The second-order valence-corrected chi connectivity index (χ2v) is 9.75. The molecule has 196 valence electrons. The first kappa shape index (κ1) is 28.2. The van der Waals surface area contributed by atoms with Gasteiger partial charge in [-0.15, -0.1) is 10.2 Å². The van der Waals surface area contributed by atoms with Gasteiger partial charge in [-0.3, -0.25) is 9.59 Å². The number of halogens is 1. The molecule has 0 fully saturated rings. The maximum atomic E-state index is 12.9. The van der Waals surface area contributed by atoms with E-state index in [1.54, 1.807) is 55.5 Å². The second-order valence-electron chi connectivity index (χ2n) is 8.40. The van der Waals surface area contributed by atoms with Crippen molar-refractivity contribution in [3.63, 3.8) is 0 Å². The highest BCUT2D eigenvalue weighted by Crippen LogP contribution is 2.26. The molecule has 1 atom stereocenters. The lowest BCUT2D eigenvalue weighted by Gasteiger charge is -2.22. The summed E-state index contributed by atoms with van der Waals surface area (Å²) in [5.41, 5.74) is 1.24. The molecule has 37 heavy (non-hydrogen) atoms. The Kier molecular flexibility index (Phi) is 10.1. The molecule has 0 unspecified atom stereocenters. The number of benzene rings is 2. The van der Waals surface area contributed by atoms with Gasteiger partial charge in [0.25, 0.3) is 5.91 Å². The summed E-state index contributed by atoms with van der Waals surface area (Å²) in [6, 6.07) is 13.0. The molecule has 0 radical (unpaired) electrons. The Morgan fingerprint density at radius 1 is 1.08 bits per heavy atom. The van der Waals surface area contributed by atoms with Crippen LogP contribution in [0.3, 0.4) is 0 Å². The maximum Gasteiger partial charge on any atom is 0.338 e. The number of thioether (sulfide) groups is 1. The van der Waals surface area contributed by atoms with Crippen LogP contribution in [0.1, 0.15) is 60.3 Å². The topological polar surface area (TPSA) is 115 Å². The van der Waals surface area contributed by atoms with Gasteiger partial charge in [-0.05, 0) is 50.1 Å². The number of esters is 1. The van der Waals surface area contributed by atoms with Crippen molar-refractivity contribution in [1.82, 2.24) is 20.1 Å². The Labute approximate surface area is 225 Å². The molecule has 2 N–H and O–H groups in total. The third kappa shape index (κ3) is 7.33. The van der Waals surface area contributed by atoms with Gasteiger partial charge in [0.15, 0.2) is 11.0 Å². The molecular weight excluding hydrogens is 514 g/mol. The quantitative estimate of drug-likeness (QED) is 0.259. The SMILES string of the molecule is CCOC(=O)c1cccc(NC(=O)CSc2nnc([C@H](NC(=O)c3ccccc3Cl)C(C)C)n2CC)c1.